The van der Waals surface area contributed by atoms with Gasteiger partial charge in [0.05, 0.1) is 21.7 Å². The number of fused-ring (bicyclic) bond motifs is 1. The summed E-state index contributed by atoms with van der Waals surface area (Å²) in [5, 5.41) is 33.8. The minimum Gasteiger partial charge on any atom is -0.501 e. The highest BCUT2D eigenvalue weighted by molar-refractivity contribution is 9.10. The summed E-state index contributed by atoms with van der Waals surface area (Å²) in [6, 6.07) is 7.14. The fourth-order valence-electron chi connectivity index (χ4n) is 3.95. The van der Waals surface area contributed by atoms with Gasteiger partial charge in [-0.05, 0) is 74.9 Å². The van der Waals surface area contributed by atoms with E-state index >= 15 is 0 Å². The standard InChI is InChI=1S/C13H11BrN2O4.C11H12BrNO2/c1-6-9(14)5-4-8-10(6)15(7-2-3-7)13(18)11(12(8)17)16(19)20;1-6-9(12)5-4-8(11(14)15)10(6)13-7-2-3-7/h4-5,7,17H,2-3H2,1H3;4-5,7,13H,2-3H2,1H3,(H,14,15). The number of anilines is 1. The first-order chi connectivity index (χ1) is 16.5. The van der Waals surface area contributed by atoms with E-state index in [0.717, 1.165) is 51.4 Å². The van der Waals surface area contributed by atoms with E-state index in [4.69, 9.17) is 5.11 Å². The summed E-state index contributed by atoms with van der Waals surface area (Å²) < 4.78 is 3.19. The van der Waals surface area contributed by atoms with Gasteiger partial charge in [0, 0.05) is 26.4 Å². The second kappa shape index (κ2) is 9.62. The van der Waals surface area contributed by atoms with Gasteiger partial charge in [-0.3, -0.25) is 19.5 Å². The molecule has 0 amide bonds. The minimum absolute atomic E-state index is 0.0164. The third-order valence-electron chi connectivity index (χ3n) is 6.16. The Kier molecular flexibility index (Phi) is 6.92. The number of nitrogens with zero attached hydrogens (tertiary/aromatic N) is 2. The first kappa shape index (κ1) is 25.2. The van der Waals surface area contributed by atoms with Crippen molar-refractivity contribution in [2.75, 3.05) is 5.32 Å². The maximum Gasteiger partial charge on any atom is 0.375 e. The van der Waals surface area contributed by atoms with Crippen LogP contribution in [0.1, 0.15) is 53.2 Å². The summed E-state index contributed by atoms with van der Waals surface area (Å²) in [5.74, 6) is -1.43. The predicted molar refractivity (Wildman–Crippen MR) is 140 cm³/mol. The number of aromatic hydroxyl groups is 1. The fourth-order valence-corrected chi connectivity index (χ4v) is 4.60. The molecule has 0 aliphatic heterocycles. The number of nitro groups is 1. The second-order valence-corrected chi connectivity index (χ2v) is 10.5. The number of aromatic nitrogens is 1. The molecule has 1 aromatic heterocycles. The number of hydrogen-bond acceptors (Lipinski definition) is 6. The van der Waals surface area contributed by atoms with E-state index in [0.29, 0.717) is 22.5 Å². The van der Waals surface area contributed by atoms with Crippen LogP contribution < -0.4 is 10.9 Å². The molecule has 2 saturated carbocycles. The Morgan fingerprint density at radius 1 is 1.09 bits per heavy atom. The summed E-state index contributed by atoms with van der Waals surface area (Å²) in [6.07, 6.45) is 3.90. The van der Waals surface area contributed by atoms with Crippen molar-refractivity contribution in [1.82, 2.24) is 4.57 Å². The molecule has 3 N–H and O–H groups in total. The maximum atomic E-state index is 12.3. The highest BCUT2D eigenvalue weighted by Gasteiger charge is 2.34. The Hall–Kier alpha value is -2.92. The predicted octanol–water partition coefficient (Wildman–Crippen LogP) is 6.05. The molecule has 0 bridgehead atoms. The fraction of sp³-hybridized carbons (Fsp3) is 0.333. The molecule has 0 spiro atoms. The van der Waals surface area contributed by atoms with Crippen molar-refractivity contribution in [3.63, 3.8) is 0 Å². The van der Waals surface area contributed by atoms with Crippen LogP contribution in [-0.4, -0.2) is 31.7 Å². The molecule has 35 heavy (non-hydrogen) atoms. The normalized spacial score (nSPS) is 14.9. The number of rotatable bonds is 5. The van der Waals surface area contributed by atoms with E-state index in [9.17, 15) is 24.8 Å². The van der Waals surface area contributed by atoms with Crippen LogP contribution in [0.4, 0.5) is 11.4 Å². The van der Waals surface area contributed by atoms with Crippen molar-refractivity contribution in [2.24, 2.45) is 0 Å². The summed E-state index contributed by atoms with van der Waals surface area (Å²) >= 11 is 6.79. The largest absolute Gasteiger partial charge is 0.501 e. The van der Waals surface area contributed by atoms with E-state index in [1.54, 1.807) is 24.3 Å². The van der Waals surface area contributed by atoms with Gasteiger partial charge in [-0.25, -0.2) is 4.79 Å². The first-order valence-electron chi connectivity index (χ1n) is 11.0. The van der Waals surface area contributed by atoms with E-state index in [-0.39, 0.29) is 6.04 Å². The van der Waals surface area contributed by atoms with Crippen LogP contribution in [0, 0.1) is 24.0 Å². The summed E-state index contributed by atoms with van der Waals surface area (Å²) in [5.41, 5.74) is 1.94. The molecule has 2 aliphatic rings. The number of nitrogens with one attached hydrogen (secondary N) is 1. The summed E-state index contributed by atoms with van der Waals surface area (Å²) in [7, 11) is 0. The van der Waals surface area contributed by atoms with Crippen LogP contribution in [0.25, 0.3) is 10.9 Å². The van der Waals surface area contributed by atoms with Crippen molar-refractivity contribution >= 4 is 60.1 Å². The second-order valence-electron chi connectivity index (χ2n) is 8.75. The molecule has 184 valence electrons. The average Bonchev–Trinajstić information content (AvgIpc) is 3.70. The zero-order valence-electron chi connectivity index (χ0n) is 19.0. The highest BCUT2D eigenvalue weighted by atomic mass is 79.9. The monoisotopic (exact) mass is 607 g/mol. The van der Waals surface area contributed by atoms with Gasteiger partial charge < -0.3 is 15.5 Å². The lowest BCUT2D eigenvalue weighted by atomic mass is 10.1. The van der Waals surface area contributed by atoms with Gasteiger partial charge >= 0.3 is 17.2 Å². The molecule has 9 nitrogen and oxygen atoms in total. The summed E-state index contributed by atoms with van der Waals surface area (Å²) in [6.45, 7) is 3.73. The third kappa shape index (κ3) is 4.92. The van der Waals surface area contributed by atoms with Crippen molar-refractivity contribution in [2.45, 2.75) is 51.6 Å². The van der Waals surface area contributed by atoms with Gasteiger partial charge in [0.1, 0.15) is 0 Å². The SMILES string of the molecule is Cc1c(Br)ccc(C(=O)O)c1NC1CC1.Cc1c(Br)ccc2c(O)c([N+](=O)[O-])c(=O)n(C3CC3)c12. The molecular weight excluding hydrogens is 586 g/mol. The van der Waals surface area contributed by atoms with Crippen LogP contribution >= 0.6 is 31.9 Å². The van der Waals surface area contributed by atoms with Crippen molar-refractivity contribution in [1.29, 1.82) is 0 Å². The third-order valence-corrected chi connectivity index (χ3v) is 7.87. The highest BCUT2D eigenvalue weighted by Crippen LogP contribution is 2.42. The van der Waals surface area contributed by atoms with Crippen LogP contribution in [0.15, 0.2) is 38.0 Å². The topological polar surface area (TPSA) is 135 Å². The lowest BCUT2D eigenvalue weighted by Gasteiger charge is -2.14. The number of carboxylic acid groups (broad SMARTS) is 1. The molecule has 0 atom stereocenters. The molecule has 2 aliphatic carbocycles. The lowest BCUT2D eigenvalue weighted by molar-refractivity contribution is -0.387. The van der Waals surface area contributed by atoms with Crippen LogP contribution in [0.2, 0.25) is 0 Å². The molecule has 2 fully saturated rings. The number of carbonyl (C=O) groups is 1. The van der Waals surface area contributed by atoms with Gasteiger partial charge in [0.25, 0.3) is 0 Å². The maximum absolute atomic E-state index is 12.3. The van der Waals surface area contributed by atoms with E-state index in [1.807, 2.05) is 13.8 Å². The number of halogens is 2. The number of aromatic carboxylic acids is 1. The van der Waals surface area contributed by atoms with Gasteiger partial charge in [-0.15, -0.1) is 0 Å². The zero-order chi connectivity index (χ0) is 25.6. The molecule has 11 heteroatoms. The molecule has 1 heterocycles. The van der Waals surface area contributed by atoms with Crippen LogP contribution in [-0.2, 0) is 0 Å². The molecule has 0 unspecified atom stereocenters. The number of benzene rings is 2. The van der Waals surface area contributed by atoms with Gasteiger partial charge in [-0.2, -0.15) is 0 Å². The Morgan fingerprint density at radius 2 is 1.69 bits per heavy atom. The van der Waals surface area contributed by atoms with Crippen LogP contribution in [0.3, 0.4) is 0 Å². The summed E-state index contributed by atoms with van der Waals surface area (Å²) in [4.78, 5) is 33.6. The van der Waals surface area contributed by atoms with Crippen molar-refractivity contribution in [3.8, 4) is 5.75 Å². The number of pyridine rings is 1. The van der Waals surface area contributed by atoms with E-state index in [2.05, 4.69) is 37.2 Å². The quantitative estimate of drug-likeness (QED) is 0.237. The number of carboxylic acids is 1. The Morgan fingerprint density at radius 3 is 2.23 bits per heavy atom. The molecule has 3 aromatic rings. The van der Waals surface area contributed by atoms with E-state index in [1.165, 1.54) is 4.57 Å². The smallest absolute Gasteiger partial charge is 0.375 e. The molecule has 0 saturated heterocycles. The molecular formula is C24H23Br2N3O6. The number of aryl methyl sites for hydroxylation is 1. The Labute approximate surface area is 217 Å². The average molecular weight is 609 g/mol. The Bertz CT molecular complexity index is 1430. The van der Waals surface area contributed by atoms with Gasteiger partial charge in [-0.1, -0.05) is 31.9 Å². The molecule has 0 radical (unpaired) electrons. The molecule has 5 rings (SSSR count). The Balaban J connectivity index is 0.000000172. The van der Waals surface area contributed by atoms with Gasteiger partial charge in [0.2, 0.25) is 5.75 Å². The minimum atomic E-state index is -0.881. The van der Waals surface area contributed by atoms with Crippen LogP contribution in [0.5, 0.6) is 5.75 Å². The van der Waals surface area contributed by atoms with Crippen molar-refractivity contribution < 1.29 is 19.9 Å². The van der Waals surface area contributed by atoms with E-state index < -0.39 is 27.9 Å². The van der Waals surface area contributed by atoms with Crippen molar-refractivity contribution in [3.05, 3.63) is 70.4 Å². The zero-order valence-corrected chi connectivity index (χ0v) is 22.1. The lowest BCUT2D eigenvalue weighted by Crippen LogP contribution is -2.23. The first-order valence-corrected chi connectivity index (χ1v) is 12.6. The van der Waals surface area contributed by atoms with Gasteiger partial charge in [0.15, 0.2) is 0 Å². The molecule has 2 aromatic carbocycles. The number of hydrogen-bond donors (Lipinski definition) is 3.